The largest absolute Gasteiger partial charge is 0.479 e. The second kappa shape index (κ2) is 4.22. The average molecular weight is 220 g/mol. The first-order chi connectivity index (χ1) is 7.77. The number of hydrogen-bond donors (Lipinski definition) is 0. The van der Waals surface area contributed by atoms with Crippen molar-refractivity contribution in [3.05, 3.63) is 24.3 Å². The number of carbonyl (C=O) groups excluding carboxylic acids is 1. The molecule has 0 aliphatic heterocycles. The molecule has 1 aromatic carbocycles. The second-order valence-corrected chi connectivity index (χ2v) is 3.14. The van der Waals surface area contributed by atoms with Gasteiger partial charge >= 0.3 is 6.09 Å². The number of nitrogens with zero attached hydrogens (tertiary/aromatic N) is 2. The molecule has 0 aliphatic carbocycles. The number of carbonyl (C=O) groups is 1. The molecule has 0 unspecified atom stereocenters. The van der Waals surface area contributed by atoms with Gasteiger partial charge in [-0.05, 0) is 19.1 Å². The van der Waals surface area contributed by atoms with Gasteiger partial charge in [0.15, 0.2) is 0 Å². The van der Waals surface area contributed by atoms with Crippen LogP contribution < -0.4 is 4.74 Å². The Bertz CT molecular complexity index is 519. The molecule has 1 heterocycles. The SMILES string of the molecule is CCOC(=O)n1nc(OC)c2ccccc21. The molecule has 5 nitrogen and oxygen atoms in total. The molecule has 0 fully saturated rings. The van der Waals surface area contributed by atoms with Gasteiger partial charge in [-0.1, -0.05) is 12.1 Å². The summed E-state index contributed by atoms with van der Waals surface area (Å²) >= 11 is 0. The Balaban J connectivity index is 2.57. The zero-order valence-corrected chi connectivity index (χ0v) is 9.14. The van der Waals surface area contributed by atoms with E-state index in [0.717, 1.165) is 5.39 Å². The van der Waals surface area contributed by atoms with Crippen molar-refractivity contribution in [1.29, 1.82) is 0 Å². The van der Waals surface area contributed by atoms with Gasteiger partial charge in [0, 0.05) is 0 Å². The molecule has 2 rings (SSSR count). The fourth-order valence-electron chi connectivity index (χ4n) is 1.51. The molecule has 0 aliphatic rings. The molecule has 84 valence electrons. The summed E-state index contributed by atoms with van der Waals surface area (Å²) in [6, 6.07) is 7.33. The van der Waals surface area contributed by atoms with Crippen molar-refractivity contribution in [3.8, 4) is 5.88 Å². The van der Waals surface area contributed by atoms with Crippen LogP contribution in [0, 0.1) is 0 Å². The van der Waals surface area contributed by atoms with Crippen molar-refractivity contribution >= 4 is 17.0 Å². The van der Waals surface area contributed by atoms with Crippen LogP contribution in [0.3, 0.4) is 0 Å². The molecule has 0 amide bonds. The number of hydrogen-bond acceptors (Lipinski definition) is 4. The van der Waals surface area contributed by atoms with Crippen LogP contribution >= 0.6 is 0 Å². The van der Waals surface area contributed by atoms with Gasteiger partial charge in [0.2, 0.25) is 5.88 Å². The van der Waals surface area contributed by atoms with Crippen LogP contribution in [0.15, 0.2) is 24.3 Å². The van der Waals surface area contributed by atoms with Crippen LogP contribution in [0.25, 0.3) is 10.9 Å². The minimum absolute atomic E-state index is 0.315. The molecule has 16 heavy (non-hydrogen) atoms. The molecule has 0 saturated heterocycles. The molecule has 1 aromatic heterocycles. The van der Waals surface area contributed by atoms with Gasteiger partial charge in [0.25, 0.3) is 0 Å². The molecule has 0 saturated carbocycles. The van der Waals surface area contributed by atoms with Crippen molar-refractivity contribution in [2.75, 3.05) is 13.7 Å². The van der Waals surface area contributed by atoms with Crippen LogP contribution in [-0.2, 0) is 4.74 Å². The van der Waals surface area contributed by atoms with E-state index in [9.17, 15) is 4.79 Å². The standard InChI is InChI=1S/C11H12N2O3/c1-3-16-11(14)13-9-7-5-4-6-8(9)10(12-13)15-2/h4-7H,3H2,1-2H3. The second-order valence-electron chi connectivity index (χ2n) is 3.14. The summed E-state index contributed by atoms with van der Waals surface area (Å²) in [6.45, 7) is 2.07. The number of methoxy groups -OCH3 is 1. The third kappa shape index (κ3) is 1.60. The molecule has 0 atom stereocenters. The Morgan fingerprint density at radius 3 is 2.88 bits per heavy atom. The third-order valence-electron chi connectivity index (χ3n) is 2.19. The topological polar surface area (TPSA) is 53.4 Å². The molecule has 0 bridgehead atoms. The number of para-hydroxylation sites is 1. The van der Waals surface area contributed by atoms with Crippen molar-refractivity contribution in [3.63, 3.8) is 0 Å². The van der Waals surface area contributed by atoms with Crippen LogP contribution in [0.5, 0.6) is 5.88 Å². The van der Waals surface area contributed by atoms with Gasteiger partial charge < -0.3 is 9.47 Å². The molecular weight excluding hydrogens is 208 g/mol. The van der Waals surface area contributed by atoms with Crippen LogP contribution in [0.2, 0.25) is 0 Å². The highest BCUT2D eigenvalue weighted by molar-refractivity contribution is 5.91. The number of aromatic nitrogens is 2. The summed E-state index contributed by atoms with van der Waals surface area (Å²) < 4.78 is 11.2. The van der Waals surface area contributed by atoms with E-state index in [2.05, 4.69) is 5.10 Å². The van der Waals surface area contributed by atoms with Crippen LogP contribution in [-0.4, -0.2) is 29.6 Å². The minimum atomic E-state index is -0.498. The lowest BCUT2D eigenvalue weighted by Crippen LogP contribution is -2.14. The third-order valence-corrected chi connectivity index (χ3v) is 2.19. The highest BCUT2D eigenvalue weighted by Gasteiger charge is 2.15. The fraction of sp³-hybridized carbons (Fsp3) is 0.273. The Labute approximate surface area is 92.6 Å². The van der Waals surface area contributed by atoms with Gasteiger partial charge in [-0.25, -0.2) is 4.79 Å². The summed E-state index contributed by atoms with van der Waals surface area (Å²) in [4.78, 5) is 11.6. The van der Waals surface area contributed by atoms with Gasteiger partial charge in [-0.2, -0.15) is 4.68 Å². The molecule has 0 spiro atoms. The van der Waals surface area contributed by atoms with Crippen molar-refractivity contribution in [2.45, 2.75) is 6.92 Å². The van der Waals surface area contributed by atoms with E-state index in [4.69, 9.17) is 9.47 Å². The van der Waals surface area contributed by atoms with E-state index in [-0.39, 0.29) is 0 Å². The summed E-state index contributed by atoms with van der Waals surface area (Å²) in [5, 5.41) is 4.84. The number of fused-ring (bicyclic) bond motifs is 1. The van der Waals surface area contributed by atoms with E-state index < -0.39 is 6.09 Å². The first-order valence-electron chi connectivity index (χ1n) is 4.96. The maximum Gasteiger partial charge on any atom is 0.435 e. The number of rotatable bonds is 2. The lowest BCUT2D eigenvalue weighted by Gasteiger charge is -2.00. The van der Waals surface area contributed by atoms with Gasteiger partial charge in [0.1, 0.15) is 0 Å². The Morgan fingerprint density at radius 1 is 1.44 bits per heavy atom. The lowest BCUT2D eigenvalue weighted by atomic mass is 10.2. The Morgan fingerprint density at radius 2 is 2.19 bits per heavy atom. The van der Waals surface area contributed by atoms with E-state index in [1.54, 1.807) is 13.0 Å². The lowest BCUT2D eigenvalue weighted by molar-refractivity contribution is 0.151. The van der Waals surface area contributed by atoms with E-state index in [1.165, 1.54) is 11.8 Å². The highest BCUT2D eigenvalue weighted by atomic mass is 16.6. The molecular formula is C11H12N2O3. The maximum atomic E-state index is 11.6. The number of benzene rings is 1. The molecule has 0 N–H and O–H groups in total. The maximum absolute atomic E-state index is 11.6. The summed E-state index contributed by atoms with van der Waals surface area (Å²) in [5.41, 5.74) is 0.679. The smallest absolute Gasteiger partial charge is 0.435 e. The molecule has 0 radical (unpaired) electrons. The number of ether oxygens (including phenoxy) is 2. The normalized spacial score (nSPS) is 10.4. The fourth-order valence-corrected chi connectivity index (χ4v) is 1.51. The van der Waals surface area contributed by atoms with Crippen LogP contribution in [0.4, 0.5) is 4.79 Å². The van der Waals surface area contributed by atoms with E-state index in [0.29, 0.717) is 18.0 Å². The van der Waals surface area contributed by atoms with E-state index >= 15 is 0 Å². The summed E-state index contributed by atoms with van der Waals surface area (Å²) in [7, 11) is 1.52. The Kier molecular flexibility index (Phi) is 2.76. The first kappa shape index (κ1) is 10.5. The summed E-state index contributed by atoms with van der Waals surface area (Å²) in [5.74, 6) is 0.420. The quantitative estimate of drug-likeness (QED) is 0.777. The van der Waals surface area contributed by atoms with Crippen molar-refractivity contribution < 1.29 is 14.3 Å². The minimum Gasteiger partial charge on any atom is -0.479 e. The van der Waals surface area contributed by atoms with Crippen molar-refractivity contribution in [2.24, 2.45) is 0 Å². The zero-order chi connectivity index (χ0) is 11.5. The van der Waals surface area contributed by atoms with E-state index in [1.807, 2.05) is 18.2 Å². The van der Waals surface area contributed by atoms with Gasteiger partial charge in [-0.3, -0.25) is 0 Å². The van der Waals surface area contributed by atoms with Gasteiger partial charge in [0.05, 0.1) is 24.6 Å². The highest BCUT2D eigenvalue weighted by Crippen LogP contribution is 2.24. The Hall–Kier alpha value is -2.04. The first-order valence-corrected chi connectivity index (χ1v) is 4.96. The van der Waals surface area contributed by atoms with Gasteiger partial charge in [-0.15, -0.1) is 5.10 Å². The zero-order valence-electron chi connectivity index (χ0n) is 9.14. The predicted octanol–water partition coefficient (Wildman–Crippen LogP) is 2.05. The molecule has 5 heteroatoms. The van der Waals surface area contributed by atoms with Crippen LogP contribution in [0.1, 0.15) is 6.92 Å². The monoisotopic (exact) mass is 220 g/mol. The predicted molar refractivity (Wildman–Crippen MR) is 58.7 cm³/mol. The summed E-state index contributed by atoms with van der Waals surface area (Å²) in [6.07, 6.45) is -0.498. The van der Waals surface area contributed by atoms with Crippen molar-refractivity contribution in [1.82, 2.24) is 9.78 Å². The molecule has 2 aromatic rings. The average Bonchev–Trinajstić information content (AvgIpc) is 2.68.